The van der Waals surface area contributed by atoms with Crippen LogP contribution in [0.25, 0.3) is 22.9 Å². The normalized spacial score (nSPS) is 38.3. The number of phenols is 5. The van der Waals surface area contributed by atoms with Crippen LogP contribution in [0.3, 0.4) is 0 Å². The monoisotopic (exact) mass is 928 g/mol. The summed E-state index contributed by atoms with van der Waals surface area (Å²) in [6, 6.07) is 18.4. The van der Waals surface area contributed by atoms with Crippen LogP contribution in [0.2, 0.25) is 0 Å². The number of fused-ring (bicyclic) bond motifs is 6. The Bertz CT molecular complexity index is 2930. The van der Waals surface area contributed by atoms with Crippen molar-refractivity contribution >= 4 is 22.9 Å². The van der Waals surface area contributed by atoms with Crippen LogP contribution >= 0.6 is 0 Å². The molecule has 6 fully saturated rings. The molecule has 358 valence electrons. The van der Waals surface area contributed by atoms with Crippen molar-refractivity contribution in [1.29, 1.82) is 0 Å². The molecule has 13 rings (SSSR count). The van der Waals surface area contributed by atoms with Crippen LogP contribution in [0.15, 0.2) is 97.5 Å². The fraction of sp³-hybridized carbons (Fsp3) is 0.466. The van der Waals surface area contributed by atoms with Crippen LogP contribution in [0, 0.1) is 51.8 Å². The number of hydrogen-bond acceptors (Lipinski definition) is 10. The zero-order chi connectivity index (χ0) is 47.0. The largest absolute Gasteiger partial charge is 0.507 e. The first-order chi connectivity index (χ1) is 33.5. The van der Waals surface area contributed by atoms with Gasteiger partial charge >= 0.3 is 0 Å². The molecule has 69 heavy (non-hydrogen) atoms. The first kappa shape index (κ1) is 43.4. The number of hydrogen-bond donors (Lipinski definition) is 10. The van der Waals surface area contributed by atoms with Crippen molar-refractivity contribution in [3.63, 3.8) is 0 Å². The first-order valence-electron chi connectivity index (χ1n) is 25.7. The molecule has 0 amide bonds. The van der Waals surface area contributed by atoms with Gasteiger partial charge in [-0.2, -0.15) is 0 Å². The topological polar surface area (TPSA) is 194 Å². The molecule has 11 heteroatoms. The molecule has 4 aromatic carbocycles. The van der Waals surface area contributed by atoms with Gasteiger partial charge in [-0.1, -0.05) is 85.3 Å². The zero-order valence-corrected chi connectivity index (χ0v) is 38.9. The number of allylic oxidation sites excluding steroid dienone is 3. The molecule has 0 unspecified atom stereocenters. The Balaban J connectivity index is 0.890. The number of imidazole rings is 1. The number of aromatic amines is 1. The Morgan fingerprint density at radius 1 is 0.754 bits per heavy atom. The van der Waals surface area contributed by atoms with Crippen molar-refractivity contribution in [1.82, 2.24) is 20.6 Å². The fourth-order valence-corrected chi connectivity index (χ4v) is 17.9. The van der Waals surface area contributed by atoms with Gasteiger partial charge in [-0.15, -0.1) is 0 Å². The van der Waals surface area contributed by atoms with Gasteiger partial charge in [0.05, 0.1) is 17.8 Å². The molecule has 6 aliphatic carbocycles. The summed E-state index contributed by atoms with van der Waals surface area (Å²) in [4.78, 5) is 8.65. The van der Waals surface area contributed by atoms with Crippen molar-refractivity contribution in [2.45, 2.75) is 107 Å². The lowest BCUT2D eigenvalue weighted by atomic mass is 9.28. The van der Waals surface area contributed by atoms with E-state index < -0.39 is 17.7 Å². The molecule has 2 bridgehead atoms. The minimum Gasteiger partial charge on any atom is -0.507 e. The molecule has 2 saturated heterocycles. The summed E-state index contributed by atoms with van der Waals surface area (Å²) in [6.45, 7) is 0.766. The van der Waals surface area contributed by atoms with Gasteiger partial charge in [0, 0.05) is 40.9 Å². The average Bonchev–Trinajstić information content (AvgIpc) is 4.13. The SMILES string of the molecule is Oc1ccc(/C=C/c2c(CCc3ccc([C@@H]4C[C@@]5(CCN[C@@H](O)C5)[C@H]5C[C@@H]6CCC[C@]67[C@@H]6C=C[C@H]8CC[C@H]9C=C[C@H](O)[C@H]([C@@]98C6)[C@]7(c6cnc[nH]6)[C@H]5N4)cc3)c(O)c(O)c3c(O)cccc23)cc1O. The number of aromatic hydroxyl groups is 5. The maximum absolute atomic E-state index is 12.9. The number of rotatable bonds is 7. The van der Waals surface area contributed by atoms with Gasteiger partial charge in [0.2, 0.25) is 0 Å². The van der Waals surface area contributed by atoms with Crippen molar-refractivity contribution in [2.24, 2.45) is 51.8 Å². The van der Waals surface area contributed by atoms with E-state index in [4.69, 9.17) is 4.98 Å². The molecule has 10 N–H and O–H groups in total. The van der Waals surface area contributed by atoms with Gasteiger partial charge < -0.3 is 46.0 Å². The van der Waals surface area contributed by atoms with Gasteiger partial charge in [-0.05, 0) is 169 Å². The van der Waals surface area contributed by atoms with Gasteiger partial charge in [-0.3, -0.25) is 5.32 Å². The second-order valence-electron chi connectivity index (χ2n) is 22.6. The standard InChI is InChI=1S/C58H64N4O7/c63-44-20-10-33(25-47(44)66)9-18-39-40-4-1-5-45(64)50(40)52(69)51(68)41(39)19-8-32-6-11-34(12-7-32)43-28-55(23-24-60-49(67)29-55)42-26-37-3-2-22-57(37)38-16-15-35-13-14-36-17-21-46(65)53(56(35,36)27-38)58(57,54(42)62-43)48-30-59-31-61-48/h1,4-7,9-12,15-18,20-21,25,30-31,35-38,42-43,46,49,53-54,60,62-69H,2-3,8,13-14,19,22-24,26-29H2,(H,59,61)/b18-9+/t35-,36+,37+,38-,42+,43+,46+,49+,53-,54+,55-,56-,57-,58-/m1/s1. The summed E-state index contributed by atoms with van der Waals surface area (Å²) in [5.41, 5.74) is 4.55. The van der Waals surface area contributed by atoms with Crippen LogP contribution in [-0.4, -0.2) is 70.6 Å². The van der Waals surface area contributed by atoms with E-state index in [1.807, 2.05) is 12.4 Å². The van der Waals surface area contributed by atoms with Crippen molar-refractivity contribution in [3.05, 3.63) is 131 Å². The number of H-pyrrole nitrogens is 1. The summed E-state index contributed by atoms with van der Waals surface area (Å²) < 4.78 is 0. The number of nitrogens with one attached hydrogen (secondary N) is 3. The van der Waals surface area contributed by atoms with E-state index in [1.54, 1.807) is 24.3 Å². The van der Waals surface area contributed by atoms with E-state index in [9.17, 15) is 35.7 Å². The molecule has 3 heterocycles. The third kappa shape index (κ3) is 5.96. The van der Waals surface area contributed by atoms with E-state index >= 15 is 0 Å². The maximum Gasteiger partial charge on any atom is 0.169 e. The van der Waals surface area contributed by atoms with E-state index in [0.717, 1.165) is 57.1 Å². The van der Waals surface area contributed by atoms with Crippen molar-refractivity contribution in [2.75, 3.05) is 6.54 Å². The van der Waals surface area contributed by atoms with Crippen LogP contribution in [0.5, 0.6) is 28.7 Å². The predicted molar refractivity (Wildman–Crippen MR) is 264 cm³/mol. The summed E-state index contributed by atoms with van der Waals surface area (Å²) in [5.74, 6) is 0.761. The van der Waals surface area contributed by atoms with Crippen LogP contribution in [0.4, 0.5) is 0 Å². The lowest BCUT2D eigenvalue weighted by molar-refractivity contribution is -0.243. The zero-order valence-electron chi connectivity index (χ0n) is 38.9. The van der Waals surface area contributed by atoms with Gasteiger partial charge in [0.15, 0.2) is 23.0 Å². The molecule has 3 spiro atoms. The second-order valence-corrected chi connectivity index (χ2v) is 22.6. The minimum absolute atomic E-state index is 0.00256. The van der Waals surface area contributed by atoms with E-state index in [2.05, 4.69) is 70.4 Å². The van der Waals surface area contributed by atoms with Crippen LogP contribution in [-0.2, 0) is 18.3 Å². The molecule has 5 aromatic rings. The Hall–Kier alpha value is -5.59. The number of aromatic nitrogens is 2. The predicted octanol–water partition coefficient (Wildman–Crippen LogP) is 9.03. The highest BCUT2D eigenvalue weighted by Gasteiger charge is 2.81. The van der Waals surface area contributed by atoms with E-state index in [1.165, 1.54) is 42.3 Å². The Morgan fingerprint density at radius 3 is 2.35 bits per heavy atom. The lowest BCUT2D eigenvalue weighted by Crippen LogP contribution is -2.80. The molecule has 0 radical (unpaired) electrons. The Morgan fingerprint density at radius 2 is 1.57 bits per heavy atom. The molecule has 14 atom stereocenters. The summed E-state index contributed by atoms with van der Waals surface area (Å²) in [5, 5.41) is 87.0. The quantitative estimate of drug-likeness (QED) is 0.0428. The Labute approximate surface area is 402 Å². The smallest absolute Gasteiger partial charge is 0.169 e. The third-order valence-corrected chi connectivity index (χ3v) is 20.2. The molecule has 4 saturated carbocycles. The van der Waals surface area contributed by atoms with Crippen molar-refractivity contribution < 1.29 is 35.7 Å². The second kappa shape index (κ2) is 15.7. The average molecular weight is 929 g/mol. The molecule has 2 aliphatic heterocycles. The highest BCUT2D eigenvalue weighted by atomic mass is 16.3. The maximum atomic E-state index is 12.9. The number of piperidine rings is 2. The number of aliphatic hydroxyl groups excluding tert-OH is 2. The van der Waals surface area contributed by atoms with E-state index in [0.29, 0.717) is 65.0 Å². The third-order valence-electron chi connectivity index (χ3n) is 20.2. The molecular formula is C58H64N4O7. The van der Waals surface area contributed by atoms with Crippen molar-refractivity contribution in [3.8, 4) is 28.7 Å². The van der Waals surface area contributed by atoms with Gasteiger partial charge in [0.1, 0.15) is 12.0 Å². The van der Waals surface area contributed by atoms with Gasteiger partial charge in [-0.25, -0.2) is 4.98 Å². The molecule has 11 nitrogen and oxygen atoms in total. The van der Waals surface area contributed by atoms with E-state index in [-0.39, 0.29) is 74.3 Å². The number of phenolic OH excluding ortho intramolecular Hbond substituents is 5. The summed E-state index contributed by atoms with van der Waals surface area (Å²) in [7, 11) is 0. The summed E-state index contributed by atoms with van der Waals surface area (Å²) in [6.07, 6.45) is 27.9. The highest BCUT2D eigenvalue weighted by molar-refractivity contribution is 6.03. The lowest BCUT2D eigenvalue weighted by Gasteiger charge is -2.77. The number of nitrogens with zero attached hydrogens (tertiary/aromatic N) is 1. The number of aryl methyl sites for hydroxylation is 1. The number of aliphatic hydroxyl groups is 2. The van der Waals surface area contributed by atoms with Gasteiger partial charge in [0.25, 0.3) is 0 Å². The molecule has 1 aromatic heterocycles. The van der Waals surface area contributed by atoms with Crippen LogP contribution < -0.4 is 10.6 Å². The molecular weight excluding hydrogens is 865 g/mol. The van der Waals surface area contributed by atoms with Crippen LogP contribution in [0.1, 0.15) is 104 Å². The highest BCUT2D eigenvalue weighted by Crippen LogP contribution is 2.82. The minimum atomic E-state index is -0.586. The number of benzene rings is 4. The molecule has 8 aliphatic rings. The fourth-order valence-electron chi connectivity index (χ4n) is 17.9. The summed E-state index contributed by atoms with van der Waals surface area (Å²) >= 11 is 0. The first-order valence-corrected chi connectivity index (χ1v) is 25.7. The Kier molecular flexibility index (Phi) is 9.89.